The van der Waals surface area contributed by atoms with Crippen LogP contribution in [0, 0.1) is 5.92 Å². The summed E-state index contributed by atoms with van der Waals surface area (Å²) in [5.41, 5.74) is 0.188. The number of sulfone groups is 1. The lowest BCUT2D eigenvalue weighted by molar-refractivity contribution is 0.102. The predicted octanol–water partition coefficient (Wildman–Crippen LogP) is 3.25. The third kappa shape index (κ3) is 4.59. The molecule has 0 aliphatic rings. The fourth-order valence-electron chi connectivity index (χ4n) is 1.56. The standard InChI is InChI=1S/C12H14Cl2O3S/c1-8(2)6-18(16,17)7-12(15)10-4-3-9(13)5-11(10)14/h3-5,8H,6-7H2,1-2H3. The van der Waals surface area contributed by atoms with Crippen molar-refractivity contribution >= 4 is 38.8 Å². The van der Waals surface area contributed by atoms with E-state index in [2.05, 4.69) is 0 Å². The SMILES string of the molecule is CC(C)CS(=O)(=O)CC(=O)c1ccc(Cl)cc1Cl. The smallest absolute Gasteiger partial charge is 0.179 e. The van der Waals surface area contributed by atoms with Crippen molar-refractivity contribution in [3.05, 3.63) is 33.8 Å². The summed E-state index contributed by atoms with van der Waals surface area (Å²) in [7, 11) is -3.40. The second-order valence-corrected chi connectivity index (χ2v) is 7.45. The number of carbonyl (C=O) groups is 1. The van der Waals surface area contributed by atoms with Crippen LogP contribution >= 0.6 is 23.2 Å². The normalized spacial score (nSPS) is 11.8. The molecule has 0 amide bonds. The molecule has 0 bridgehead atoms. The Morgan fingerprint density at radius 2 is 1.89 bits per heavy atom. The van der Waals surface area contributed by atoms with Crippen molar-refractivity contribution in [2.75, 3.05) is 11.5 Å². The lowest BCUT2D eigenvalue weighted by Crippen LogP contribution is -2.21. The summed E-state index contributed by atoms with van der Waals surface area (Å²) in [5.74, 6) is -1.04. The first kappa shape index (κ1) is 15.5. The predicted molar refractivity (Wildman–Crippen MR) is 74.3 cm³/mol. The highest BCUT2D eigenvalue weighted by Gasteiger charge is 2.21. The quantitative estimate of drug-likeness (QED) is 0.785. The van der Waals surface area contributed by atoms with Crippen LogP contribution in [0.5, 0.6) is 0 Å². The number of hydrogen-bond donors (Lipinski definition) is 0. The summed E-state index contributed by atoms with van der Waals surface area (Å²) in [6.45, 7) is 3.58. The molecule has 0 fully saturated rings. The van der Waals surface area contributed by atoms with Crippen LogP contribution in [0.1, 0.15) is 24.2 Å². The zero-order valence-electron chi connectivity index (χ0n) is 10.1. The van der Waals surface area contributed by atoms with Gasteiger partial charge in [0.1, 0.15) is 5.75 Å². The lowest BCUT2D eigenvalue weighted by Gasteiger charge is -2.07. The third-order valence-corrected chi connectivity index (χ3v) is 4.59. The minimum Gasteiger partial charge on any atom is -0.293 e. The summed E-state index contributed by atoms with van der Waals surface area (Å²) < 4.78 is 23.4. The van der Waals surface area contributed by atoms with Gasteiger partial charge in [0.05, 0.1) is 10.8 Å². The van der Waals surface area contributed by atoms with Gasteiger partial charge in [0.2, 0.25) is 0 Å². The van der Waals surface area contributed by atoms with Gasteiger partial charge in [0, 0.05) is 10.6 Å². The minimum absolute atomic E-state index is 0.00997. The molecule has 0 atom stereocenters. The van der Waals surface area contributed by atoms with Gasteiger partial charge in [0.25, 0.3) is 0 Å². The van der Waals surface area contributed by atoms with Gasteiger partial charge in [-0.2, -0.15) is 0 Å². The van der Waals surface area contributed by atoms with Crippen molar-refractivity contribution in [3.63, 3.8) is 0 Å². The van der Waals surface area contributed by atoms with Gasteiger partial charge in [-0.25, -0.2) is 8.42 Å². The van der Waals surface area contributed by atoms with E-state index in [1.807, 2.05) is 0 Å². The second-order valence-electron chi connectivity index (χ2n) is 4.50. The topological polar surface area (TPSA) is 51.2 Å². The van der Waals surface area contributed by atoms with Gasteiger partial charge in [-0.05, 0) is 24.1 Å². The van der Waals surface area contributed by atoms with Crippen LogP contribution in [0.2, 0.25) is 10.0 Å². The van der Waals surface area contributed by atoms with Crippen LogP contribution < -0.4 is 0 Å². The summed E-state index contributed by atoms with van der Waals surface area (Å²) in [6.07, 6.45) is 0. The van der Waals surface area contributed by atoms with Crippen molar-refractivity contribution in [1.82, 2.24) is 0 Å². The zero-order chi connectivity index (χ0) is 13.9. The van der Waals surface area contributed by atoms with Gasteiger partial charge < -0.3 is 0 Å². The summed E-state index contributed by atoms with van der Waals surface area (Å²) in [6, 6.07) is 4.37. The molecule has 3 nitrogen and oxygen atoms in total. The number of halogens is 2. The van der Waals surface area contributed by atoms with Crippen molar-refractivity contribution in [3.8, 4) is 0 Å². The Labute approximate surface area is 117 Å². The van der Waals surface area contributed by atoms with E-state index in [1.165, 1.54) is 18.2 Å². The highest BCUT2D eigenvalue weighted by atomic mass is 35.5. The average molecular weight is 309 g/mol. The molecule has 100 valence electrons. The van der Waals surface area contributed by atoms with E-state index in [4.69, 9.17) is 23.2 Å². The molecule has 0 heterocycles. The first-order valence-electron chi connectivity index (χ1n) is 5.40. The molecule has 0 unspecified atom stereocenters. The Bertz CT molecular complexity index is 550. The highest BCUT2D eigenvalue weighted by Crippen LogP contribution is 2.22. The summed E-state index contributed by atoms with van der Waals surface area (Å²) in [4.78, 5) is 11.9. The molecule has 0 aliphatic heterocycles. The van der Waals surface area contributed by atoms with Crippen LogP contribution in [-0.2, 0) is 9.84 Å². The molecule has 0 N–H and O–H groups in total. The number of ketones is 1. The first-order chi connectivity index (χ1) is 8.21. The van der Waals surface area contributed by atoms with E-state index in [1.54, 1.807) is 13.8 Å². The fraction of sp³-hybridized carbons (Fsp3) is 0.417. The fourth-order valence-corrected chi connectivity index (χ4v) is 3.76. The van der Waals surface area contributed by atoms with Crippen LogP contribution in [-0.4, -0.2) is 25.7 Å². The Hall–Kier alpha value is -0.580. The van der Waals surface area contributed by atoms with Crippen molar-refractivity contribution in [1.29, 1.82) is 0 Å². The maximum absolute atomic E-state index is 11.9. The minimum atomic E-state index is -3.40. The number of rotatable bonds is 5. The molecular formula is C12H14Cl2O3S. The Morgan fingerprint density at radius 3 is 2.39 bits per heavy atom. The maximum Gasteiger partial charge on any atom is 0.179 e. The van der Waals surface area contributed by atoms with Crippen molar-refractivity contribution < 1.29 is 13.2 Å². The lowest BCUT2D eigenvalue weighted by atomic mass is 10.1. The molecule has 0 radical (unpaired) electrons. The summed E-state index contributed by atoms with van der Waals surface area (Å²) in [5, 5.41) is 0.578. The second kappa shape index (κ2) is 6.04. The van der Waals surface area contributed by atoms with E-state index in [-0.39, 0.29) is 22.3 Å². The molecule has 1 aromatic rings. The molecule has 0 aliphatic carbocycles. The van der Waals surface area contributed by atoms with Crippen LogP contribution in [0.4, 0.5) is 0 Å². The van der Waals surface area contributed by atoms with Gasteiger partial charge in [0.15, 0.2) is 15.6 Å². The van der Waals surface area contributed by atoms with Gasteiger partial charge in [-0.15, -0.1) is 0 Å². The van der Waals surface area contributed by atoms with Crippen LogP contribution in [0.25, 0.3) is 0 Å². The molecule has 0 aromatic heterocycles. The Balaban J connectivity index is 2.89. The summed E-state index contributed by atoms with van der Waals surface area (Å²) >= 11 is 11.6. The van der Waals surface area contributed by atoms with Crippen LogP contribution in [0.3, 0.4) is 0 Å². The monoisotopic (exact) mass is 308 g/mol. The molecule has 1 rings (SSSR count). The maximum atomic E-state index is 11.9. The van der Waals surface area contributed by atoms with E-state index < -0.39 is 21.4 Å². The average Bonchev–Trinajstić information content (AvgIpc) is 2.13. The number of Topliss-reactive ketones (excluding diaryl/α,β-unsaturated/α-hetero) is 1. The third-order valence-electron chi connectivity index (χ3n) is 2.17. The van der Waals surface area contributed by atoms with Crippen molar-refractivity contribution in [2.24, 2.45) is 5.92 Å². The molecule has 0 saturated heterocycles. The van der Waals surface area contributed by atoms with Gasteiger partial charge in [-0.1, -0.05) is 37.0 Å². The van der Waals surface area contributed by atoms with Crippen LogP contribution in [0.15, 0.2) is 18.2 Å². The first-order valence-corrected chi connectivity index (χ1v) is 7.97. The molecule has 1 aromatic carbocycles. The van der Waals surface area contributed by atoms with E-state index in [0.717, 1.165) is 0 Å². The molecule has 0 saturated carbocycles. The molecule has 18 heavy (non-hydrogen) atoms. The number of carbonyl (C=O) groups excluding carboxylic acids is 1. The van der Waals surface area contributed by atoms with Gasteiger partial charge in [-0.3, -0.25) is 4.79 Å². The number of benzene rings is 1. The Morgan fingerprint density at radius 1 is 1.28 bits per heavy atom. The highest BCUT2D eigenvalue weighted by molar-refractivity contribution is 7.92. The van der Waals surface area contributed by atoms with Crippen molar-refractivity contribution in [2.45, 2.75) is 13.8 Å². The molecule has 0 spiro atoms. The Kier molecular flexibility index (Phi) is 5.20. The van der Waals surface area contributed by atoms with E-state index >= 15 is 0 Å². The van der Waals surface area contributed by atoms with E-state index in [9.17, 15) is 13.2 Å². The largest absolute Gasteiger partial charge is 0.293 e. The number of hydrogen-bond acceptors (Lipinski definition) is 3. The molecule has 6 heteroatoms. The zero-order valence-corrected chi connectivity index (χ0v) is 12.4. The van der Waals surface area contributed by atoms with Gasteiger partial charge >= 0.3 is 0 Å². The van der Waals surface area contributed by atoms with E-state index in [0.29, 0.717) is 5.02 Å². The molecular weight excluding hydrogens is 295 g/mol.